The first kappa shape index (κ1) is 20.1. The van der Waals surface area contributed by atoms with Crippen molar-refractivity contribution < 1.29 is 22.4 Å². The minimum atomic E-state index is -3.43. The molecule has 0 aliphatic carbocycles. The summed E-state index contributed by atoms with van der Waals surface area (Å²) in [4.78, 5) is 16.3. The topological polar surface area (TPSA) is 86.5 Å². The number of nitrogens with zero attached hydrogens (tertiary/aromatic N) is 1. The van der Waals surface area contributed by atoms with E-state index in [1.165, 1.54) is 23.7 Å². The summed E-state index contributed by atoms with van der Waals surface area (Å²) >= 11 is 5.82. The van der Waals surface area contributed by atoms with E-state index in [0.29, 0.717) is 26.5 Å². The van der Waals surface area contributed by atoms with Crippen LogP contribution < -0.4 is 3.80 Å². The zero-order chi connectivity index (χ0) is 19.4. The van der Waals surface area contributed by atoms with Crippen LogP contribution in [0.25, 0.3) is 0 Å². The third kappa shape index (κ3) is 5.02. The van der Waals surface area contributed by atoms with E-state index in [9.17, 15) is 13.2 Å². The number of halogens is 1. The Morgan fingerprint density at radius 3 is 2.89 bits per heavy atom. The Bertz CT molecular complexity index is 1050. The number of hydrogen-bond acceptors (Lipinski definition) is 7. The van der Waals surface area contributed by atoms with Gasteiger partial charge in [-0.05, 0) is 0 Å². The van der Waals surface area contributed by atoms with Gasteiger partial charge < -0.3 is 0 Å². The first-order valence-corrected chi connectivity index (χ1v) is 14.2. The zero-order valence-electron chi connectivity index (χ0n) is 14.1. The van der Waals surface area contributed by atoms with Crippen molar-refractivity contribution in [3.05, 3.63) is 64.0 Å². The first-order valence-electron chi connectivity index (χ1n) is 7.80. The van der Waals surface area contributed by atoms with Gasteiger partial charge in [-0.15, -0.1) is 0 Å². The van der Waals surface area contributed by atoms with Gasteiger partial charge in [-0.3, -0.25) is 0 Å². The second-order valence-corrected chi connectivity index (χ2v) is 14.8. The fourth-order valence-corrected chi connectivity index (χ4v) is 11.5. The molecule has 27 heavy (non-hydrogen) atoms. The van der Waals surface area contributed by atoms with Crippen LogP contribution in [-0.2, 0) is 19.3 Å². The van der Waals surface area contributed by atoms with Crippen LogP contribution in [0.4, 0.5) is 0 Å². The van der Waals surface area contributed by atoms with Crippen molar-refractivity contribution in [1.82, 2.24) is 4.98 Å². The van der Waals surface area contributed by atoms with Crippen LogP contribution >= 0.6 is 22.9 Å². The number of aromatic nitrogens is 1. The van der Waals surface area contributed by atoms with Crippen molar-refractivity contribution in [1.29, 1.82) is 0 Å². The molecule has 0 amide bonds. The van der Waals surface area contributed by atoms with E-state index in [1.54, 1.807) is 36.6 Å². The van der Waals surface area contributed by atoms with Gasteiger partial charge in [0.25, 0.3) is 0 Å². The Hall–Kier alpha value is -1.60. The summed E-state index contributed by atoms with van der Waals surface area (Å²) in [6, 6.07) is 8.01. The predicted molar refractivity (Wildman–Crippen MR) is 105 cm³/mol. The first-order chi connectivity index (χ1) is 12.9. The summed E-state index contributed by atoms with van der Waals surface area (Å²) < 4.78 is 36.1. The van der Waals surface area contributed by atoms with Crippen LogP contribution in [-0.4, -0.2) is 40.6 Å². The van der Waals surface area contributed by atoms with Crippen molar-refractivity contribution >= 4 is 55.4 Å². The number of hydrogen-bond donors (Lipinski definition) is 0. The Morgan fingerprint density at radius 2 is 2.15 bits per heavy atom. The van der Waals surface area contributed by atoms with E-state index in [-0.39, 0.29) is 17.3 Å². The predicted octanol–water partition coefficient (Wildman–Crippen LogP) is 2.55. The Kier molecular flexibility index (Phi) is 6.42. The molecule has 0 saturated heterocycles. The van der Waals surface area contributed by atoms with Gasteiger partial charge >= 0.3 is 172 Å². The third-order valence-electron chi connectivity index (χ3n) is 3.59. The maximum atomic E-state index is 12.7. The molecule has 142 valence electrons. The van der Waals surface area contributed by atoms with E-state index >= 15 is 0 Å². The molecule has 0 aliphatic rings. The normalized spacial score (nSPS) is 11.9. The maximum absolute atomic E-state index is 12.7. The van der Waals surface area contributed by atoms with Gasteiger partial charge in [-0.25, -0.2) is 0 Å². The second-order valence-electron chi connectivity index (χ2n) is 5.48. The minimum absolute atomic E-state index is 0.142. The summed E-state index contributed by atoms with van der Waals surface area (Å²) in [6.07, 6.45) is 1.81. The van der Waals surface area contributed by atoms with E-state index in [4.69, 9.17) is 20.8 Å². The molecule has 0 radical (unpaired) electrons. The van der Waals surface area contributed by atoms with Crippen LogP contribution in [0.1, 0.15) is 21.8 Å². The molecule has 0 spiro atoms. The van der Waals surface area contributed by atoms with Gasteiger partial charge in [-0.1, -0.05) is 0 Å². The summed E-state index contributed by atoms with van der Waals surface area (Å²) in [5.41, 5.74) is 1.26. The molecule has 10 heteroatoms. The molecular formula is C17H15AsClNO5S2. The molecule has 0 saturated carbocycles. The van der Waals surface area contributed by atoms with E-state index < -0.39 is 28.7 Å². The van der Waals surface area contributed by atoms with Crippen molar-refractivity contribution in [3.63, 3.8) is 0 Å². The molecular weight excluding hydrogens is 473 g/mol. The van der Waals surface area contributed by atoms with Crippen LogP contribution in [0.2, 0.25) is 5.02 Å². The van der Waals surface area contributed by atoms with Gasteiger partial charge in [0.15, 0.2) is 0 Å². The third-order valence-corrected chi connectivity index (χ3v) is 12.6. The van der Waals surface area contributed by atoms with Gasteiger partial charge in [0.05, 0.1) is 0 Å². The standard InChI is InChI=1S/C17H15AsClNO5S2/c1-11-13(19)4-2-6-15(11)27(22,23)18-17-20-12(10-26-17)7-9-25-16(21)14-5-3-8-24-14/h2-6,8,10,18H,7,9H2,1H3. The Labute approximate surface area is 171 Å². The molecule has 1 atom stereocenters. The van der Waals surface area contributed by atoms with Gasteiger partial charge in [0, 0.05) is 0 Å². The number of carbonyl (C=O) groups excluding carboxylic acids is 1. The van der Waals surface area contributed by atoms with Crippen molar-refractivity contribution in [2.75, 3.05) is 6.61 Å². The number of esters is 1. The monoisotopic (exact) mass is 487 g/mol. The number of thiazole rings is 1. The van der Waals surface area contributed by atoms with Crippen LogP contribution in [0.15, 0.2) is 51.3 Å². The molecule has 1 unspecified atom stereocenters. The summed E-state index contributed by atoms with van der Waals surface area (Å²) in [5.74, 6) is -0.397. The van der Waals surface area contributed by atoms with Crippen molar-refractivity contribution in [2.24, 2.45) is 0 Å². The summed E-state index contributed by atoms with van der Waals surface area (Å²) in [7, 11) is -3.43. The number of benzene rings is 1. The number of carbonyl (C=O) groups is 1. The van der Waals surface area contributed by atoms with Gasteiger partial charge in [0.1, 0.15) is 0 Å². The van der Waals surface area contributed by atoms with E-state index in [2.05, 4.69) is 4.98 Å². The number of furan rings is 1. The Morgan fingerprint density at radius 1 is 1.33 bits per heavy atom. The van der Waals surface area contributed by atoms with Crippen molar-refractivity contribution in [2.45, 2.75) is 18.2 Å². The molecule has 6 nitrogen and oxygen atoms in total. The number of ether oxygens (including phenoxy) is 1. The quantitative estimate of drug-likeness (QED) is 0.376. The van der Waals surface area contributed by atoms with Gasteiger partial charge in [-0.2, -0.15) is 0 Å². The molecule has 3 rings (SSSR count). The number of rotatable bonds is 7. The van der Waals surface area contributed by atoms with E-state index in [1.807, 2.05) is 0 Å². The summed E-state index contributed by atoms with van der Waals surface area (Å²) in [6.45, 7) is 1.84. The fourth-order valence-electron chi connectivity index (χ4n) is 2.23. The van der Waals surface area contributed by atoms with Gasteiger partial charge in [0.2, 0.25) is 0 Å². The molecule has 1 aromatic carbocycles. The second kappa shape index (κ2) is 8.61. The van der Waals surface area contributed by atoms with Crippen LogP contribution in [0.3, 0.4) is 0 Å². The fraction of sp³-hybridized carbons (Fsp3) is 0.176. The Balaban J connectivity index is 1.60. The summed E-state index contributed by atoms with van der Waals surface area (Å²) in [5, 5.41) is 2.22. The molecule has 0 fully saturated rings. The average molecular weight is 488 g/mol. The van der Waals surface area contributed by atoms with Crippen LogP contribution in [0, 0.1) is 6.92 Å². The molecule has 0 aliphatic heterocycles. The SMILES string of the molecule is Cc1c(Cl)cccc1S(=O)(=O)[AsH]c1nc(CCOC(=O)c2ccco2)cs1. The molecule has 3 aromatic rings. The van der Waals surface area contributed by atoms with Crippen molar-refractivity contribution in [3.8, 4) is 0 Å². The average Bonchev–Trinajstić information content (AvgIpc) is 3.29. The van der Waals surface area contributed by atoms with Crippen LogP contribution in [0.5, 0.6) is 0 Å². The molecule has 2 aromatic heterocycles. The molecule has 2 heterocycles. The molecule has 0 bridgehead atoms. The van der Waals surface area contributed by atoms with E-state index in [0.717, 1.165) is 0 Å². The molecule has 0 N–H and O–H groups in total. The zero-order valence-corrected chi connectivity index (χ0v) is 18.6.